The van der Waals surface area contributed by atoms with Crippen molar-refractivity contribution < 1.29 is 0 Å². The molecule has 0 saturated carbocycles. The van der Waals surface area contributed by atoms with Crippen LogP contribution in [-0.4, -0.2) is 6.54 Å². The van der Waals surface area contributed by atoms with E-state index in [1.807, 2.05) is 0 Å². The summed E-state index contributed by atoms with van der Waals surface area (Å²) >= 11 is 0. The Bertz CT molecular complexity index is 366. The smallest absolute Gasteiger partial charge is 0.0376 e. The van der Waals surface area contributed by atoms with Crippen molar-refractivity contribution in [2.24, 2.45) is 5.41 Å². The minimum absolute atomic E-state index is 0.395. The highest BCUT2D eigenvalue weighted by molar-refractivity contribution is 5.59. The third kappa shape index (κ3) is 1.75. The van der Waals surface area contributed by atoms with Crippen molar-refractivity contribution in [2.75, 3.05) is 11.9 Å². The molecule has 1 aliphatic rings. The van der Waals surface area contributed by atoms with E-state index in [0.717, 1.165) is 6.54 Å². The van der Waals surface area contributed by atoms with Gasteiger partial charge in [-0.1, -0.05) is 44.9 Å². The Hall–Kier alpha value is -0.980. The number of hydrogen-bond donors (Lipinski definition) is 1. The third-order valence-electron chi connectivity index (χ3n) is 3.93. The van der Waals surface area contributed by atoms with E-state index >= 15 is 0 Å². The Morgan fingerprint density at radius 3 is 2.80 bits per heavy atom. The van der Waals surface area contributed by atoms with Gasteiger partial charge < -0.3 is 5.32 Å². The monoisotopic (exact) mass is 203 g/mol. The summed E-state index contributed by atoms with van der Waals surface area (Å²) in [5.41, 5.74) is 4.62. The Morgan fingerprint density at radius 2 is 2.13 bits per heavy atom. The van der Waals surface area contributed by atoms with Gasteiger partial charge in [0, 0.05) is 18.2 Å². The average molecular weight is 203 g/mol. The maximum absolute atomic E-state index is 3.52. The van der Waals surface area contributed by atoms with Crippen molar-refractivity contribution in [3.8, 4) is 0 Å². The summed E-state index contributed by atoms with van der Waals surface area (Å²) in [6.45, 7) is 10.3. The van der Waals surface area contributed by atoms with E-state index in [1.165, 1.54) is 23.2 Å². The fraction of sp³-hybridized carbons (Fsp3) is 0.571. The lowest BCUT2D eigenvalue weighted by molar-refractivity contribution is 0.289. The standard InChI is InChI=1S/C14H21N/c1-5-14(3,4)12-9-15-13-7-6-10(2)8-11(12)13/h6-8,12,15H,5,9H2,1-4H3. The van der Waals surface area contributed by atoms with Gasteiger partial charge in [-0.05, 0) is 24.0 Å². The molecule has 1 N–H and O–H groups in total. The molecule has 0 aliphatic carbocycles. The van der Waals surface area contributed by atoms with Crippen molar-refractivity contribution in [3.05, 3.63) is 29.3 Å². The summed E-state index contributed by atoms with van der Waals surface area (Å²) < 4.78 is 0. The summed E-state index contributed by atoms with van der Waals surface area (Å²) in [6, 6.07) is 6.75. The lowest BCUT2D eigenvalue weighted by atomic mass is 9.74. The van der Waals surface area contributed by atoms with Gasteiger partial charge in [-0.15, -0.1) is 0 Å². The molecule has 0 radical (unpaired) electrons. The van der Waals surface area contributed by atoms with Crippen LogP contribution in [0.1, 0.15) is 44.2 Å². The van der Waals surface area contributed by atoms with Crippen LogP contribution in [0, 0.1) is 12.3 Å². The number of rotatable bonds is 2. The topological polar surface area (TPSA) is 12.0 Å². The highest BCUT2D eigenvalue weighted by Gasteiger charge is 2.34. The SMILES string of the molecule is CCC(C)(C)C1CNc2ccc(C)cc21. The molecule has 0 saturated heterocycles. The highest BCUT2D eigenvalue weighted by Crippen LogP contribution is 2.44. The van der Waals surface area contributed by atoms with Gasteiger partial charge in [0.15, 0.2) is 0 Å². The van der Waals surface area contributed by atoms with Gasteiger partial charge in [-0.25, -0.2) is 0 Å². The van der Waals surface area contributed by atoms with Crippen LogP contribution < -0.4 is 5.32 Å². The van der Waals surface area contributed by atoms with Crippen LogP contribution >= 0.6 is 0 Å². The molecule has 1 heterocycles. The molecule has 0 spiro atoms. The molecule has 1 nitrogen and oxygen atoms in total. The average Bonchev–Trinajstić information content (AvgIpc) is 2.61. The van der Waals surface area contributed by atoms with Gasteiger partial charge in [-0.3, -0.25) is 0 Å². The lowest BCUT2D eigenvalue weighted by Crippen LogP contribution is -2.22. The van der Waals surface area contributed by atoms with Crippen LogP contribution in [0.4, 0.5) is 5.69 Å². The van der Waals surface area contributed by atoms with Gasteiger partial charge in [0.2, 0.25) is 0 Å². The Morgan fingerprint density at radius 1 is 1.40 bits per heavy atom. The second-order valence-corrected chi connectivity index (χ2v) is 5.37. The molecule has 1 aromatic rings. The minimum Gasteiger partial charge on any atom is -0.384 e. The molecule has 15 heavy (non-hydrogen) atoms. The molecule has 0 bridgehead atoms. The first-order valence-corrected chi connectivity index (χ1v) is 5.89. The van der Waals surface area contributed by atoms with Crippen molar-refractivity contribution >= 4 is 5.69 Å². The number of hydrogen-bond acceptors (Lipinski definition) is 1. The number of benzene rings is 1. The molecule has 82 valence electrons. The normalized spacial score (nSPS) is 19.9. The number of aryl methyl sites for hydroxylation is 1. The van der Waals surface area contributed by atoms with Gasteiger partial charge in [0.1, 0.15) is 0 Å². The second-order valence-electron chi connectivity index (χ2n) is 5.37. The van der Waals surface area contributed by atoms with Crippen LogP contribution in [0.2, 0.25) is 0 Å². The summed E-state index contributed by atoms with van der Waals surface area (Å²) in [7, 11) is 0. The van der Waals surface area contributed by atoms with E-state index in [0.29, 0.717) is 11.3 Å². The first-order chi connectivity index (χ1) is 7.04. The molecule has 2 rings (SSSR count). The fourth-order valence-corrected chi connectivity index (χ4v) is 2.40. The Balaban J connectivity index is 2.39. The highest BCUT2D eigenvalue weighted by atomic mass is 14.9. The lowest BCUT2D eigenvalue weighted by Gasteiger charge is -2.30. The molecule has 1 heteroatoms. The predicted molar refractivity (Wildman–Crippen MR) is 66.5 cm³/mol. The zero-order valence-corrected chi connectivity index (χ0v) is 10.2. The van der Waals surface area contributed by atoms with Crippen molar-refractivity contribution in [2.45, 2.75) is 40.0 Å². The molecular formula is C14H21N. The van der Waals surface area contributed by atoms with Gasteiger partial charge in [0.05, 0.1) is 0 Å². The zero-order valence-electron chi connectivity index (χ0n) is 10.2. The molecular weight excluding hydrogens is 182 g/mol. The van der Waals surface area contributed by atoms with E-state index in [4.69, 9.17) is 0 Å². The molecule has 0 fully saturated rings. The van der Waals surface area contributed by atoms with Crippen molar-refractivity contribution in [3.63, 3.8) is 0 Å². The minimum atomic E-state index is 0.395. The number of fused-ring (bicyclic) bond motifs is 1. The number of nitrogens with one attached hydrogen (secondary N) is 1. The second kappa shape index (κ2) is 3.55. The first-order valence-electron chi connectivity index (χ1n) is 5.89. The first kappa shape index (κ1) is 10.5. The Kier molecular flexibility index (Phi) is 2.49. The predicted octanol–water partition coefficient (Wildman–Crippen LogP) is 3.94. The van der Waals surface area contributed by atoms with Gasteiger partial charge in [-0.2, -0.15) is 0 Å². The van der Waals surface area contributed by atoms with Crippen LogP contribution in [-0.2, 0) is 0 Å². The van der Waals surface area contributed by atoms with Crippen molar-refractivity contribution in [1.82, 2.24) is 0 Å². The maximum atomic E-state index is 3.52. The molecule has 1 atom stereocenters. The summed E-state index contributed by atoms with van der Waals surface area (Å²) in [5.74, 6) is 0.664. The third-order valence-corrected chi connectivity index (χ3v) is 3.93. The van der Waals surface area contributed by atoms with Crippen molar-refractivity contribution in [1.29, 1.82) is 0 Å². The zero-order chi connectivity index (χ0) is 11.1. The molecule has 0 amide bonds. The van der Waals surface area contributed by atoms with E-state index in [2.05, 4.69) is 51.2 Å². The maximum Gasteiger partial charge on any atom is 0.0376 e. The summed E-state index contributed by atoms with van der Waals surface area (Å²) in [4.78, 5) is 0. The van der Waals surface area contributed by atoms with Crippen LogP contribution in [0.5, 0.6) is 0 Å². The van der Waals surface area contributed by atoms with E-state index in [9.17, 15) is 0 Å². The molecule has 0 aromatic heterocycles. The molecule has 1 unspecified atom stereocenters. The van der Waals surface area contributed by atoms with Crippen LogP contribution in [0.15, 0.2) is 18.2 Å². The van der Waals surface area contributed by atoms with Crippen LogP contribution in [0.3, 0.4) is 0 Å². The quantitative estimate of drug-likeness (QED) is 0.767. The fourth-order valence-electron chi connectivity index (χ4n) is 2.40. The molecule has 1 aromatic carbocycles. The summed E-state index contributed by atoms with van der Waals surface area (Å²) in [5, 5.41) is 3.52. The van der Waals surface area contributed by atoms with Gasteiger partial charge >= 0.3 is 0 Å². The van der Waals surface area contributed by atoms with E-state index in [1.54, 1.807) is 0 Å². The van der Waals surface area contributed by atoms with E-state index < -0.39 is 0 Å². The van der Waals surface area contributed by atoms with E-state index in [-0.39, 0.29) is 0 Å². The van der Waals surface area contributed by atoms with Gasteiger partial charge in [0.25, 0.3) is 0 Å². The Labute approximate surface area is 92.9 Å². The number of anilines is 1. The summed E-state index contributed by atoms with van der Waals surface area (Å²) in [6.07, 6.45) is 1.23. The molecule has 1 aliphatic heterocycles. The van der Waals surface area contributed by atoms with Crippen LogP contribution in [0.25, 0.3) is 0 Å². The largest absolute Gasteiger partial charge is 0.384 e.